The third kappa shape index (κ3) is 4.02. The number of nitrogens with zero attached hydrogens (tertiary/aromatic N) is 1. The van der Waals surface area contributed by atoms with Crippen LogP contribution in [-0.4, -0.2) is 44.4 Å². The van der Waals surface area contributed by atoms with Crippen molar-refractivity contribution in [1.29, 1.82) is 0 Å². The molecule has 0 spiro atoms. The molecule has 1 aliphatic rings. The van der Waals surface area contributed by atoms with Crippen LogP contribution in [0.25, 0.3) is 0 Å². The van der Waals surface area contributed by atoms with Crippen molar-refractivity contribution in [1.82, 2.24) is 4.31 Å². The van der Waals surface area contributed by atoms with Crippen LogP contribution in [0.4, 0.5) is 17.6 Å². The van der Waals surface area contributed by atoms with E-state index >= 15 is 0 Å². The van der Waals surface area contributed by atoms with Crippen molar-refractivity contribution in [3.8, 4) is 0 Å². The second kappa shape index (κ2) is 6.74. The van der Waals surface area contributed by atoms with Gasteiger partial charge in [0, 0.05) is 20.3 Å². The number of ether oxygens (including phenoxy) is 1. The molecule has 0 aliphatic carbocycles. The zero-order chi connectivity index (χ0) is 17.3. The van der Waals surface area contributed by atoms with Gasteiger partial charge in [-0.25, -0.2) is 12.8 Å². The van der Waals surface area contributed by atoms with E-state index in [-0.39, 0.29) is 31.6 Å². The highest BCUT2D eigenvalue weighted by atomic mass is 32.2. The highest BCUT2D eigenvalue weighted by molar-refractivity contribution is 7.89. The summed E-state index contributed by atoms with van der Waals surface area (Å²) in [4.78, 5) is 0. The number of sulfonamides is 1. The molecule has 1 aliphatic heterocycles. The van der Waals surface area contributed by atoms with Crippen LogP contribution in [0.5, 0.6) is 0 Å². The molecule has 0 radical (unpaired) electrons. The summed E-state index contributed by atoms with van der Waals surface area (Å²) in [5.41, 5.74) is -0.322. The highest BCUT2D eigenvalue weighted by Crippen LogP contribution is 2.39. The van der Waals surface area contributed by atoms with Crippen molar-refractivity contribution >= 4 is 10.0 Å². The lowest BCUT2D eigenvalue weighted by Crippen LogP contribution is -2.45. The van der Waals surface area contributed by atoms with Gasteiger partial charge in [-0.2, -0.15) is 17.5 Å². The molecule has 4 nitrogen and oxygen atoms in total. The molecule has 0 saturated carbocycles. The second-order valence-corrected chi connectivity index (χ2v) is 7.64. The van der Waals surface area contributed by atoms with Gasteiger partial charge in [-0.3, -0.25) is 0 Å². The van der Waals surface area contributed by atoms with Crippen molar-refractivity contribution in [3.05, 3.63) is 35.6 Å². The van der Waals surface area contributed by atoms with Gasteiger partial charge in [-0.1, -0.05) is 12.1 Å². The van der Waals surface area contributed by atoms with Crippen LogP contribution in [0.15, 0.2) is 24.3 Å². The van der Waals surface area contributed by atoms with E-state index in [1.165, 1.54) is 0 Å². The first kappa shape index (κ1) is 18.2. The monoisotopic (exact) mass is 355 g/mol. The maximum absolute atomic E-state index is 13.4. The molecular weight excluding hydrogens is 338 g/mol. The summed E-state index contributed by atoms with van der Waals surface area (Å²) in [6.07, 6.45) is -4.51. The number of benzene rings is 1. The molecule has 0 unspecified atom stereocenters. The van der Waals surface area contributed by atoms with Gasteiger partial charge >= 0.3 is 6.18 Å². The average molecular weight is 355 g/mol. The van der Waals surface area contributed by atoms with Crippen LogP contribution in [0.1, 0.15) is 24.4 Å². The number of hydrogen-bond donors (Lipinski definition) is 0. The summed E-state index contributed by atoms with van der Waals surface area (Å²) in [6.45, 7) is 0.399. The SMILES string of the molecule is CN([C@@H](c1ccc(F)cc1)C(F)(F)F)S(=O)(=O)C1CCOCC1. The van der Waals surface area contributed by atoms with Gasteiger partial charge in [-0.05, 0) is 30.5 Å². The number of rotatable bonds is 4. The van der Waals surface area contributed by atoms with Crippen molar-refractivity contribution in [2.24, 2.45) is 0 Å². The fourth-order valence-electron chi connectivity index (χ4n) is 2.61. The van der Waals surface area contributed by atoms with E-state index in [9.17, 15) is 26.0 Å². The Hall–Kier alpha value is -1.19. The van der Waals surface area contributed by atoms with Gasteiger partial charge in [0.05, 0.1) is 5.25 Å². The summed E-state index contributed by atoms with van der Waals surface area (Å²) in [5.74, 6) is -0.690. The zero-order valence-electron chi connectivity index (χ0n) is 12.4. The summed E-state index contributed by atoms with van der Waals surface area (Å²) < 4.78 is 83.7. The smallest absolute Gasteiger partial charge is 0.381 e. The molecule has 1 atom stereocenters. The average Bonchev–Trinajstić information content (AvgIpc) is 2.49. The predicted molar refractivity (Wildman–Crippen MR) is 75.7 cm³/mol. The Kier molecular flexibility index (Phi) is 5.32. The van der Waals surface area contributed by atoms with E-state index < -0.39 is 33.3 Å². The van der Waals surface area contributed by atoms with E-state index in [1.54, 1.807) is 0 Å². The third-order valence-corrected chi connectivity index (χ3v) is 6.18. The first-order chi connectivity index (χ1) is 10.6. The largest absolute Gasteiger partial charge is 0.409 e. The topological polar surface area (TPSA) is 46.6 Å². The molecule has 9 heteroatoms. The van der Waals surface area contributed by atoms with E-state index in [0.29, 0.717) is 4.31 Å². The summed E-state index contributed by atoms with van der Waals surface area (Å²) in [5, 5.41) is -0.911. The quantitative estimate of drug-likeness (QED) is 0.781. The van der Waals surface area contributed by atoms with E-state index in [0.717, 1.165) is 31.3 Å². The molecule has 1 saturated heterocycles. The van der Waals surface area contributed by atoms with Crippen LogP contribution in [0.2, 0.25) is 0 Å². The minimum atomic E-state index is -4.81. The Labute approximate surface area is 132 Å². The van der Waals surface area contributed by atoms with Gasteiger partial charge in [-0.15, -0.1) is 0 Å². The molecule has 1 fully saturated rings. The predicted octanol–water partition coefficient (Wildman–Crippen LogP) is 2.87. The van der Waals surface area contributed by atoms with Gasteiger partial charge < -0.3 is 4.74 Å². The van der Waals surface area contributed by atoms with Crippen LogP contribution < -0.4 is 0 Å². The fourth-order valence-corrected chi connectivity index (χ4v) is 4.40. The summed E-state index contributed by atoms with van der Waals surface area (Å²) >= 11 is 0. The molecule has 0 bridgehead atoms. The second-order valence-electron chi connectivity index (χ2n) is 5.37. The van der Waals surface area contributed by atoms with Gasteiger partial charge in [0.2, 0.25) is 10.0 Å². The normalized spacial score (nSPS) is 19.0. The number of halogens is 4. The fraction of sp³-hybridized carbons (Fsp3) is 0.571. The van der Waals surface area contributed by atoms with Crippen LogP contribution in [-0.2, 0) is 14.8 Å². The van der Waals surface area contributed by atoms with Crippen molar-refractivity contribution in [3.63, 3.8) is 0 Å². The lowest BCUT2D eigenvalue weighted by molar-refractivity contribution is -0.171. The van der Waals surface area contributed by atoms with E-state index in [4.69, 9.17) is 4.74 Å². The molecule has 0 aromatic heterocycles. The van der Waals surface area contributed by atoms with E-state index in [1.807, 2.05) is 0 Å². The number of alkyl halides is 3. The van der Waals surface area contributed by atoms with Crippen molar-refractivity contribution in [2.75, 3.05) is 20.3 Å². The zero-order valence-corrected chi connectivity index (χ0v) is 13.2. The Morgan fingerprint density at radius 3 is 2.17 bits per heavy atom. The van der Waals surface area contributed by atoms with Crippen molar-refractivity contribution < 1.29 is 30.7 Å². The molecule has 130 valence electrons. The highest BCUT2D eigenvalue weighted by Gasteiger charge is 2.49. The van der Waals surface area contributed by atoms with Crippen molar-refractivity contribution in [2.45, 2.75) is 30.3 Å². The molecule has 1 heterocycles. The van der Waals surface area contributed by atoms with Gasteiger partial charge in [0.15, 0.2) is 0 Å². The molecule has 23 heavy (non-hydrogen) atoms. The molecule has 0 N–H and O–H groups in total. The van der Waals surface area contributed by atoms with Gasteiger partial charge in [0.1, 0.15) is 11.9 Å². The molecule has 0 amide bonds. The first-order valence-electron chi connectivity index (χ1n) is 7.01. The maximum atomic E-state index is 13.4. The lowest BCUT2D eigenvalue weighted by Gasteiger charge is -2.33. The minimum absolute atomic E-state index is 0.153. The molecule has 2 rings (SSSR count). The third-order valence-electron chi connectivity index (χ3n) is 3.85. The Balaban J connectivity index is 2.37. The van der Waals surface area contributed by atoms with Crippen LogP contribution in [0.3, 0.4) is 0 Å². The number of hydrogen-bond acceptors (Lipinski definition) is 3. The molecule has 1 aromatic rings. The Morgan fingerprint density at radius 1 is 1.17 bits per heavy atom. The standard InChI is InChI=1S/C14H17F4NO3S/c1-19(23(20,21)12-6-8-22-9-7-12)13(14(16,17)18)10-2-4-11(15)5-3-10/h2-5,12-13H,6-9H2,1H3/t13-/m0/s1. The first-order valence-corrected chi connectivity index (χ1v) is 8.51. The molecular formula is C14H17F4NO3S. The summed E-state index contributed by atoms with van der Waals surface area (Å²) in [6, 6.07) is 1.30. The van der Waals surface area contributed by atoms with E-state index in [2.05, 4.69) is 0 Å². The van der Waals surface area contributed by atoms with Crippen LogP contribution >= 0.6 is 0 Å². The molecule has 1 aromatic carbocycles. The Bertz CT molecular complexity index is 624. The summed E-state index contributed by atoms with van der Waals surface area (Å²) in [7, 11) is -3.25. The van der Waals surface area contributed by atoms with Crippen LogP contribution in [0, 0.1) is 5.82 Å². The maximum Gasteiger partial charge on any atom is 0.409 e. The lowest BCUT2D eigenvalue weighted by atomic mass is 10.1. The minimum Gasteiger partial charge on any atom is -0.381 e. The Morgan fingerprint density at radius 2 is 1.70 bits per heavy atom. The van der Waals surface area contributed by atoms with Gasteiger partial charge in [0.25, 0.3) is 0 Å².